The summed E-state index contributed by atoms with van der Waals surface area (Å²) in [7, 11) is 3.44. The number of likely N-dealkylation sites (N-methyl/N-ethyl adjacent to an activating group) is 1. The van der Waals surface area contributed by atoms with Crippen molar-refractivity contribution in [2.45, 2.75) is 77.9 Å². The smallest absolute Gasteiger partial charge is 0.410 e. The summed E-state index contributed by atoms with van der Waals surface area (Å²) in [4.78, 5) is 18.8. The number of nitrogens with two attached hydrogens (primary N) is 2. The maximum absolute atomic E-state index is 12.5. The molecule has 178 valence electrons. The minimum atomic E-state index is -0.377. The molecule has 0 saturated heterocycles. The number of pyridine rings is 1. The van der Waals surface area contributed by atoms with Gasteiger partial charge in [-0.25, -0.2) is 15.6 Å². The fourth-order valence-corrected chi connectivity index (χ4v) is 4.57. The molecule has 4 N–H and O–H groups in total. The van der Waals surface area contributed by atoms with Crippen LogP contribution >= 0.6 is 0 Å². The van der Waals surface area contributed by atoms with Crippen molar-refractivity contribution < 1.29 is 14.3 Å². The van der Waals surface area contributed by atoms with Crippen molar-refractivity contribution in [3.05, 3.63) is 29.2 Å². The summed E-state index contributed by atoms with van der Waals surface area (Å²) < 4.78 is 11.7. The number of nitrogens with zero attached hydrogens (tertiary/aromatic N) is 3. The van der Waals surface area contributed by atoms with E-state index >= 15 is 0 Å². The van der Waals surface area contributed by atoms with Gasteiger partial charge >= 0.3 is 6.09 Å². The van der Waals surface area contributed by atoms with Crippen LogP contribution in [0.5, 0.6) is 5.75 Å². The van der Waals surface area contributed by atoms with Gasteiger partial charge in [-0.15, -0.1) is 0 Å². The first-order chi connectivity index (χ1) is 15.1. The number of rotatable bonds is 7. The molecule has 3 rings (SSSR count). The number of aromatic nitrogens is 1. The molecular formula is C24H39N5O3. The summed E-state index contributed by atoms with van der Waals surface area (Å²) in [6, 6.07) is 3.94. The van der Waals surface area contributed by atoms with Crippen molar-refractivity contribution in [3.8, 4) is 5.75 Å². The Kier molecular flexibility index (Phi) is 7.54. The Morgan fingerprint density at radius 2 is 1.84 bits per heavy atom. The molecule has 2 aliphatic carbocycles. The Morgan fingerprint density at radius 3 is 2.41 bits per heavy atom. The summed E-state index contributed by atoms with van der Waals surface area (Å²) in [5, 5.41) is 1.37. The molecule has 0 aliphatic heterocycles. The Bertz CT molecular complexity index is 838. The van der Waals surface area contributed by atoms with Gasteiger partial charge in [0.1, 0.15) is 12.4 Å². The van der Waals surface area contributed by atoms with Crippen LogP contribution in [-0.2, 0) is 4.74 Å². The molecule has 0 bridgehead atoms. The highest BCUT2D eigenvalue weighted by atomic mass is 16.6. The summed E-state index contributed by atoms with van der Waals surface area (Å²) in [5.41, 5.74) is 8.90. The lowest BCUT2D eigenvalue weighted by Crippen LogP contribution is -2.49. The van der Waals surface area contributed by atoms with Gasteiger partial charge in [-0.05, 0) is 63.0 Å². The SMILES string of the molecule is Cc1nc(/C(N)=C(\COC(=O)N(C)C2CC(C)(C)C2)N(C)N)ccc1OC1CCCCC1. The fourth-order valence-electron chi connectivity index (χ4n) is 4.57. The topological polar surface area (TPSA) is 107 Å². The highest BCUT2D eigenvalue weighted by Gasteiger charge is 2.40. The van der Waals surface area contributed by atoms with Crippen LogP contribution in [0.1, 0.15) is 70.2 Å². The van der Waals surface area contributed by atoms with Gasteiger partial charge in [0.2, 0.25) is 0 Å². The minimum Gasteiger partial charge on any atom is -0.489 e. The molecule has 1 amide bonds. The van der Waals surface area contributed by atoms with Crippen LogP contribution in [0.2, 0.25) is 0 Å². The molecule has 1 aromatic rings. The Balaban J connectivity index is 1.66. The van der Waals surface area contributed by atoms with Gasteiger partial charge in [0.05, 0.1) is 28.9 Å². The fraction of sp³-hybridized carbons (Fsp3) is 0.667. The Morgan fingerprint density at radius 1 is 1.19 bits per heavy atom. The number of ether oxygens (including phenoxy) is 2. The predicted molar refractivity (Wildman–Crippen MR) is 125 cm³/mol. The summed E-state index contributed by atoms with van der Waals surface area (Å²) in [6.07, 6.45) is 7.70. The number of amides is 1. The molecule has 2 fully saturated rings. The monoisotopic (exact) mass is 445 g/mol. The van der Waals surface area contributed by atoms with Crippen LogP contribution in [0.3, 0.4) is 0 Å². The van der Waals surface area contributed by atoms with Crippen molar-refractivity contribution in [3.63, 3.8) is 0 Å². The molecule has 0 atom stereocenters. The maximum Gasteiger partial charge on any atom is 0.410 e. The summed E-state index contributed by atoms with van der Waals surface area (Å²) in [5.74, 6) is 6.78. The second kappa shape index (κ2) is 9.98. The second-order valence-electron chi connectivity index (χ2n) is 10.0. The maximum atomic E-state index is 12.5. The molecule has 1 aromatic heterocycles. The van der Waals surface area contributed by atoms with E-state index in [-0.39, 0.29) is 30.3 Å². The minimum absolute atomic E-state index is 0.0286. The lowest BCUT2D eigenvalue weighted by molar-refractivity contribution is 0.0303. The van der Waals surface area contributed by atoms with E-state index in [2.05, 4.69) is 18.8 Å². The molecule has 8 heteroatoms. The van der Waals surface area contributed by atoms with Crippen LogP contribution < -0.4 is 16.3 Å². The zero-order valence-corrected chi connectivity index (χ0v) is 20.2. The molecule has 0 spiro atoms. The van der Waals surface area contributed by atoms with Crippen molar-refractivity contribution in [1.82, 2.24) is 14.9 Å². The van der Waals surface area contributed by atoms with E-state index in [0.29, 0.717) is 17.1 Å². The van der Waals surface area contributed by atoms with Gasteiger partial charge < -0.3 is 25.1 Å². The van der Waals surface area contributed by atoms with Crippen molar-refractivity contribution in [2.24, 2.45) is 17.0 Å². The van der Waals surface area contributed by atoms with E-state index in [4.69, 9.17) is 21.1 Å². The van der Waals surface area contributed by atoms with E-state index in [1.54, 1.807) is 19.0 Å². The van der Waals surface area contributed by atoms with E-state index in [0.717, 1.165) is 37.1 Å². The molecular weight excluding hydrogens is 406 g/mol. The highest BCUT2D eigenvalue weighted by molar-refractivity contribution is 5.69. The number of hydrogen-bond donors (Lipinski definition) is 2. The van der Waals surface area contributed by atoms with E-state index in [1.165, 1.54) is 24.3 Å². The third kappa shape index (κ3) is 5.85. The average Bonchev–Trinajstić information content (AvgIpc) is 2.73. The number of hydrogen-bond acceptors (Lipinski definition) is 7. The van der Waals surface area contributed by atoms with Gasteiger partial charge in [-0.2, -0.15) is 0 Å². The predicted octanol–water partition coefficient (Wildman–Crippen LogP) is 3.79. The lowest BCUT2D eigenvalue weighted by atomic mass is 9.68. The lowest BCUT2D eigenvalue weighted by Gasteiger charge is -2.46. The third-order valence-corrected chi connectivity index (χ3v) is 6.64. The summed E-state index contributed by atoms with van der Waals surface area (Å²) in [6.45, 7) is 6.29. The molecule has 1 heterocycles. The summed E-state index contributed by atoms with van der Waals surface area (Å²) >= 11 is 0. The number of carbonyl (C=O) groups is 1. The zero-order chi connectivity index (χ0) is 23.5. The van der Waals surface area contributed by atoms with Gasteiger partial charge in [0, 0.05) is 20.1 Å². The first-order valence-electron chi connectivity index (χ1n) is 11.6. The molecule has 0 unspecified atom stereocenters. The van der Waals surface area contributed by atoms with E-state index < -0.39 is 0 Å². The first-order valence-corrected chi connectivity index (χ1v) is 11.6. The van der Waals surface area contributed by atoms with Crippen LogP contribution in [0.15, 0.2) is 17.8 Å². The molecule has 8 nitrogen and oxygen atoms in total. The van der Waals surface area contributed by atoms with Crippen LogP contribution in [0, 0.1) is 12.3 Å². The normalized spacial score (nSPS) is 19.6. The Hall–Kier alpha value is -2.48. The number of carbonyl (C=O) groups excluding carboxylic acids is 1. The van der Waals surface area contributed by atoms with E-state index in [9.17, 15) is 4.79 Å². The molecule has 0 aromatic carbocycles. The number of aryl methyl sites for hydroxylation is 1. The number of hydrazine groups is 1. The zero-order valence-electron chi connectivity index (χ0n) is 20.2. The van der Waals surface area contributed by atoms with Gasteiger partial charge in [0.15, 0.2) is 0 Å². The highest BCUT2D eigenvalue weighted by Crippen LogP contribution is 2.42. The molecule has 0 radical (unpaired) electrons. The standard InChI is InChI=1S/C24H39N5O3/c1-16-21(32-18-9-7-6-8-10-18)12-11-19(27-16)22(25)20(29(5)26)15-31-23(30)28(4)17-13-24(2,3)14-17/h11-12,17-18H,6-10,13-15,25-26H2,1-5H3/b22-20-. The van der Waals surface area contributed by atoms with Gasteiger partial charge in [-0.3, -0.25) is 0 Å². The molecule has 2 saturated carbocycles. The third-order valence-electron chi connectivity index (χ3n) is 6.64. The molecule has 2 aliphatic rings. The van der Waals surface area contributed by atoms with Gasteiger partial charge in [-0.1, -0.05) is 20.3 Å². The quantitative estimate of drug-likeness (QED) is 0.486. The Labute approximate surface area is 191 Å². The largest absolute Gasteiger partial charge is 0.489 e. The molecule has 32 heavy (non-hydrogen) atoms. The second-order valence-corrected chi connectivity index (χ2v) is 10.0. The van der Waals surface area contributed by atoms with Crippen LogP contribution in [-0.4, -0.2) is 53.8 Å². The van der Waals surface area contributed by atoms with Crippen molar-refractivity contribution in [1.29, 1.82) is 0 Å². The van der Waals surface area contributed by atoms with Crippen molar-refractivity contribution >= 4 is 11.8 Å². The van der Waals surface area contributed by atoms with Crippen LogP contribution in [0.25, 0.3) is 5.70 Å². The van der Waals surface area contributed by atoms with Crippen molar-refractivity contribution in [2.75, 3.05) is 20.7 Å². The average molecular weight is 446 g/mol. The first kappa shape index (κ1) is 24.2. The van der Waals surface area contributed by atoms with E-state index in [1.807, 2.05) is 19.1 Å². The van der Waals surface area contributed by atoms with Gasteiger partial charge in [0.25, 0.3) is 0 Å². The van der Waals surface area contributed by atoms with Crippen LogP contribution in [0.4, 0.5) is 4.79 Å².